The highest BCUT2D eigenvalue weighted by Crippen LogP contribution is 2.28. The molecule has 5 heteroatoms. The predicted molar refractivity (Wildman–Crippen MR) is 49.4 cm³/mol. The van der Waals surface area contributed by atoms with Gasteiger partial charge in [0.05, 0.1) is 4.21 Å². The summed E-state index contributed by atoms with van der Waals surface area (Å²) in [5.74, 6) is 0. The second-order valence-electron chi connectivity index (χ2n) is 2.26. The molecule has 2 heterocycles. The molecular weight excluding hydrogens is 190 g/mol. The van der Waals surface area contributed by atoms with Crippen LogP contribution < -0.4 is 0 Å². The minimum Gasteiger partial charge on any atom is -0.311 e. The van der Waals surface area contributed by atoms with E-state index in [1.54, 1.807) is 29.4 Å². The van der Waals surface area contributed by atoms with Crippen molar-refractivity contribution in [3.05, 3.63) is 23.8 Å². The Balaban J connectivity index is 2.20. The van der Waals surface area contributed by atoms with Crippen LogP contribution in [0.2, 0.25) is 0 Å². The minimum atomic E-state index is 0.928. The predicted octanol–water partition coefficient (Wildman–Crippen LogP) is 2.03. The molecule has 0 unspecified atom stereocenters. The van der Waals surface area contributed by atoms with E-state index in [1.165, 1.54) is 4.21 Å². The van der Waals surface area contributed by atoms with Crippen LogP contribution in [0, 0.1) is 0 Å². The van der Waals surface area contributed by atoms with E-state index in [0.29, 0.717) is 0 Å². The second kappa shape index (κ2) is 3.28. The number of aryl methyl sites for hydroxylation is 1. The fourth-order valence-corrected chi connectivity index (χ4v) is 2.41. The molecule has 0 fully saturated rings. The molecule has 2 aromatic heterocycles. The summed E-state index contributed by atoms with van der Waals surface area (Å²) in [4.78, 5) is 0. The summed E-state index contributed by atoms with van der Waals surface area (Å²) >= 11 is 3.35. The van der Waals surface area contributed by atoms with Crippen molar-refractivity contribution in [1.82, 2.24) is 14.8 Å². The van der Waals surface area contributed by atoms with Crippen molar-refractivity contribution in [3.8, 4) is 0 Å². The van der Waals surface area contributed by atoms with E-state index in [0.717, 1.165) is 5.16 Å². The van der Waals surface area contributed by atoms with Crippen LogP contribution in [0.25, 0.3) is 0 Å². The molecule has 0 saturated heterocycles. The summed E-state index contributed by atoms with van der Waals surface area (Å²) in [5.41, 5.74) is 0. The standard InChI is InChI=1S/C7H7N3S2/c1-10-5-8-9-7(10)12-6-3-2-4-11-6/h2-5H,1H3. The van der Waals surface area contributed by atoms with Gasteiger partial charge in [-0.1, -0.05) is 6.07 Å². The van der Waals surface area contributed by atoms with Crippen LogP contribution >= 0.6 is 23.1 Å². The van der Waals surface area contributed by atoms with Crippen LogP contribution in [0.4, 0.5) is 0 Å². The van der Waals surface area contributed by atoms with E-state index in [9.17, 15) is 0 Å². The summed E-state index contributed by atoms with van der Waals surface area (Å²) in [6.07, 6.45) is 1.70. The first-order chi connectivity index (χ1) is 5.86. The van der Waals surface area contributed by atoms with Crippen molar-refractivity contribution in [2.24, 2.45) is 7.05 Å². The number of thiophene rings is 1. The maximum atomic E-state index is 3.97. The Hall–Kier alpha value is -0.810. The molecule has 0 amide bonds. The van der Waals surface area contributed by atoms with Crippen LogP contribution in [0.15, 0.2) is 33.2 Å². The second-order valence-corrected chi connectivity index (χ2v) is 4.47. The highest BCUT2D eigenvalue weighted by atomic mass is 32.2. The molecule has 12 heavy (non-hydrogen) atoms. The van der Waals surface area contributed by atoms with Crippen LogP contribution in [0.5, 0.6) is 0 Å². The van der Waals surface area contributed by atoms with Crippen molar-refractivity contribution in [3.63, 3.8) is 0 Å². The highest BCUT2D eigenvalue weighted by Gasteiger charge is 2.02. The van der Waals surface area contributed by atoms with Gasteiger partial charge in [-0.25, -0.2) is 0 Å². The molecule has 3 nitrogen and oxygen atoms in total. The average Bonchev–Trinajstić information content (AvgIpc) is 2.65. The topological polar surface area (TPSA) is 30.7 Å². The summed E-state index contributed by atoms with van der Waals surface area (Å²) in [6, 6.07) is 4.10. The molecule has 0 aliphatic rings. The van der Waals surface area contributed by atoms with Crippen molar-refractivity contribution in [2.75, 3.05) is 0 Å². The number of hydrogen-bond donors (Lipinski definition) is 0. The maximum Gasteiger partial charge on any atom is 0.196 e. The molecule has 0 N–H and O–H groups in total. The summed E-state index contributed by atoms with van der Waals surface area (Å²) in [7, 11) is 1.94. The third-order valence-corrected chi connectivity index (χ3v) is 3.45. The zero-order valence-corrected chi connectivity index (χ0v) is 8.10. The van der Waals surface area contributed by atoms with Gasteiger partial charge in [-0.15, -0.1) is 21.5 Å². The molecule has 0 atom stereocenters. The smallest absolute Gasteiger partial charge is 0.196 e. The van der Waals surface area contributed by atoms with Gasteiger partial charge in [-0.3, -0.25) is 0 Å². The fraction of sp³-hybridized carbons (Fsp3) is 0.143. The Morgan fingerprint density at radius 3 is 3.08 bits per heavy atom. The van der Waals surface area contributed by atoms with E-state index in [2.05, 4.69) is 21.6 Å². The number of nitrogens with zero attached hydrogens (tertiary/aromatic N) is 3. The van der Waals surface area contributed by atoms with Gasteiger partial charge in [0, 0.05) is 7.05 Å². The van der Waals surface area contributed by atoms with Crippen molar-refractivity contribution >= 4 is 23.1 Å². The molecule has 0 aromatic carbocycles. The van der Waals surface area contributed by atoms with E-state index in [1.807, 2.05) is 17.7 Å². The summed E-state index contributed by atoms with van der Waals surface area (Å²) in [5, 5.41) is 10.8. The van der Waals surface area contributed by atoms with Crippen molar-refractivity contribution < 1.29 is 0 Å². The third kappa shape index (κ3) is 1.51. The molecule has 0 saturated carbocycles. The fourth-order valence-electron chi connectivity index (χ4n) is 0.777. The van der Waals surface area contributed by atoms with Gasteiger partial charge in [-0.05, 0) is 23.2 Å². The largest absolute Gasteiger partial charge is 0.311 e. The quantitative estimate of drug-likeness (QED) is 0.738. The Kier molecular flexibility index (Phi) is 2.14. The van der Waals surface area contributed by atoms with Gasteiger partial charge < -0.3 is 4.57 Å². The van der Waals surface area contributed by atoms with Gasteiger partial charge in [0.2, 0.25) is 0 Å². The Labute approximate surface area is 78.4 Å². The van der Waals surface area contributed by atoms with Crippen LogP contribution in [-0.4, -0.2) is 14.8 Å². The lowest BCUT2D eigenvalue weighted by molar-refractivity contribution is 0.789. The van der Waals surface area contributed by atoms with Crippen molar-refractivity contribution in [2.45, 2.75) is 9.37 Å². The Morgan fingerprint density at radius 1 is 1.58 bits per heavy atom. The number of hydrogen-bond acceptors (Lipinski definition) is 4. The molecule has 62 valence electrons. The van der Waals surface area contributed by atoms with Crippen LogP contribution in [0.1, 0.15) is 0 Å². The van der Waals surface area contributed by atoms with Gasteiger partial charge >= 0.3 is 0 Å². The molecule has 0 aliphatic carbocycles. The minimum absolute atomic E-state index is 0.928. The van der Waals surface area contributed by atoms with Gasteiger partial charge in [0.25, 0.3) is 0 Å². The van der Waals surface area contributed by atoms with Crippen LogP contribution in [-0.2, 0) is 7.05 Å². The molecule has 0 spiro atoms. The Morgan fingerprint density at radius 2 is 2.50 bits per heavy atom. The SMILES string of the molecule is Cn1cnnc1Sc1cccs1. The number of rotatable bonds is 2. The van der Waals surface area contributed by atoms with E-state index in [4.69, 9.17) is 0 Å². The maximum absolute atomic E-state index is 3.97. The summed E-state index contributed by atoms with van der Waals surface area (Å²) < 4.78 is 3.15. The molecular formula is C7H7N3S2. The normalized spacial score (nSPS) is 10.4. The van der Waals surface area contributed by atoms with Gasteiger partial charge in [0.1, 0.15) is 6.33 Å². The van der Waals surface area contributed by atoms with E-state index >= 15 is 0 Å². The third-order valence-electron chi connectivity index (χ3n) is 1.36. The molecule has 2 aromatic rings. The van der Waals surface area contributed by atoms with Crippen molar-refractivity contribution in [1.29, 1.82) is 0 Å². The lowest BCUT2D eigenvalue weighted by atomic mass is 10.7. The summed E-state index contributed by atoms with van der Waals surface area (Å²) in [6.45, 7) is 0. The molecule has 0 radical (unpaired) electrons. The monoisotopic (exact) mass is 197 g/mol. The highest BCUT2D eigenvalue weighted by molar-refractivity contribution is 8.01. The zero-order valence-electron chi connectivity index (χ0n) is 6.47. The first-order valence-corrected chi connectivity index (χ1v) is 5.11. The first-order valence-electron chi connectivity index (χ1n) is 3.41. The van der Waals surface area contributed by atoms with E-state index < -0.39 is 0 Å². The molecule has 0 aliphatic heterocycles. The van der Waals surface area contributed by atoms with E-state index in [-0.39, 0.29) is 0 Å². The van der Waals surface area contributed by atoms with Gasteiger partial charge in [-0.2, -0.15) is 0 Å². The lowest BCUT2D eigenvalue weighted by Gasteiger charge is -1.94. The lowest BCUT2D eigenvalue weighted by Crippen LogP contribution is -1.86. The average molecular weight is 197 g/mol. The van der Waals surface area contributed by atoms with Crippen LogP contribution in [0.3, 0.4) is 0 Å². The molecule has 0 bridgehead atoms. The molecule has 2 rings (SSSR count). The van der Waals surface area contributed by atoms with Gasteiger partial charge in [0.15, 0.2) is 5.16 Å². The first kappa shape index (κ1) is 7.82. The zero-order chi connectivity index (χ0) is 8.39. The Bertz CT molecular complexity index is 352. The number of aromatic nitrogens is 3.